The van der Waals surface area contributed by atoms with E-state index in [9.17, 15) is 39.3 Å². The van der Waals surface area contributed by atoms with E-state index in [0.717, 1.165) is 57.8 Å². The van der Waals surface area contributed by atoms with Crippen molar-refractivity contribution in [2.75, 3.05) is 0 Å². The lowest BCUT2D eigenvalue weighted by Crippen LogP contribution is -2.31. The molecule has 268 valence electrons. The summed E-state index contributed by atoms with van der Waals surface area (Å²) < 4.78 is 5.28. The Hall–Kier alpha value is -2.63. The lowest BCUT2D eigenvalue weighted by atomic mass is 9.84. The predicted molar refractivity (Wildman–Crippen MR) is 174 cm³/mol. The van der Waals surface area contributed by atoms with Crippen molar-refractivity contribution in [3.63, 3.8) is 0 Å². The van der Waals surface area contributed by atoms with Crippen molar-refractivity contribution >= 4 is 29.5 Å². The minimum Gasteiger partial charge on any atom is -0.481 e. The van der Waals surface area contributed by atoms with Gasteiger partial charge in [0, 0.05) is 62.7 Å². The highest BCUT2D eigenvalue weighted by Crippen LogP contribution is 2.42. The molecule has 3 fully saturated rings. The zero-order valence-corrected chi connectivity index (χ0v) is 28.1. The van der Waals surface area contributed by atoms with Gasteiger partial charge >= 0.3 is 17.9 Å². The van der Waals surface area contributed by atoms with Gasteiger partial charge in [-0.2, -0.15) is 0 Å². The SMILES string of the molecule is CCCCC[C@H](O)/C=C/C1C(CCCCCCC(=O)O)C(=O)C[C@H]1O.O=C(O)CCCCC(=O)CCC1[C@H]2CCC(=O)OC2C[C@H]1O. The number of esters is 1. The fourth-order valence-corrected chi connectivity index (χ4v) is 7.20. The molecule has 4 unspecified atom stereocenters. The molecule has 0 aromatic carbocycles. The van der Waals surface area contributed by atoms with Gasteiger partial charge in [-0.05, 0) is 50.9 Å². The van der Waals surface area contributed by atoms with Crippen LogP contribution >= 0.6 is 0 Å². The number of carboxylic acids is 2. The van der Waals surface area contributed by atoms with Crippen LogP contribution in [0.2, 0.25) is 0 Å². The summed E-state index contributed by atoms with van der Waals surface area (Å²) in [5.74, 6) is -1.74. The van der Waals surface area contributed by atoms with Crippen molar-refractivity contribution in [3.05, 3.63) is 12.2 Å². The van der Waals surface area contributed by atoms with Gasteiger partial charge in [0.15, 0.2) is 0 Å². The Morgan fingerprint density at radius 3 is 2.19 bits per heavy atom. The van der Waals surface area contributed by atoms with Crippen molar-refractivity contribution in [2.45, 2.75) is 160 Å². The topological polar surface area (TPSA) is 196 Å². The number of ether oxygens (including phenoxy) is 1. The van der Waals surface area contributed by atoms with E-state index in [4.69, 9.17) is 14.9 Å². The lowest BCUT2D eigenvalue weighted by molar-refractivity contribution is -0.157. The van der Waals surface area contributed by atoms with Crippen LogP contribution in [0.5, 0.6) is 0 Å². The second kappa shape index (κ2) is 22.1. The molecule has 3 aliphatic rings. The van der Waals surface area contributed by atoms with Crippen molar-refractivity contribution in [1.29, 1.82) is 0 Å². The van der Waals surface area contributed by atoms with Crippen molar-refractivity contribution < 1.29 is 54.2 Å². The van der Waals surface area contributed by atoms with Gasteiger partial charge in [0.05, 0.1) is 18.3 Å². The number of rotatable bonds is 21. The molecule has 2 aliphatic carbocycles. The van der Waals surface area contributed by atoms with Gasteiger partial charge in [-0.25, -0.2) is 0 Å². The molecule has 0 spiro atoms. The van der Waals surface area contributed by atoms with Crippen LogP contribution in [-0.4, -0.2) is 79.4 Å². The molecular formula is C36H58O11. The summed E-state index contributed by atoms with van der Waals surface area (Å²) in [5.41, 5.74) is 0. The van der Waals surface area contributed by atoms with Gasteiger partial charge in [-0.1, -0.05) is 57.6 Å². The summed E-state index contributed by atoms with van der Waals surface area (Å²) in [4.78, 5) is 56.1. The highest BCUT2D eigenvalue weighted by Gasteiger charge is 2.46. The van der Waals surface area contributed by atoms with E-state index < -0.39 is 30.3 Å². The summed E-state index contributed by atoms with van der Waals surface area (Å²) in [6, 6.07) is 0. The quantitative estimate of drug-likeness (QED) is 0.0617. The number of aliphatic hydroxyl groups excluding tert-OH is 3. The van der Waals surface area contributed by atoms with Crippen LogP contribution in [-0.2, 0) is 28.7 Å². The van der Waals surface area contributed by atoms with E-state index in [1.54, 1.807) is 6.08 Å². The first-order valence-corrected chi connectivity index (χ1v) is 17.8. The van der Waals surface area contributed by atoms with E-state index in [-0.39, 0.29) is 66.6 Å². The summed E-state index contributed by atoms with van der Waals surface area (Å²) in [6.45, 7) is 2.12. The summed E-state index contributed by atoms with van der Waals surface area (Å²) in [6.07, 6.45) is 14.3. The van der Waals surface area contributed by atoms with Crippen molar-refractivity contribution in [1.82, 2.24) is 0 Å². The third kappa shape index (κ3) is 15.4. The molecule has 3 rings (SSSR count). The van der Waals surface area contributed by atoms with Gasteiger partial charge < -0.3 is 30.3 Å². The number of hydrogen-bond donors (Lipinski definition) is 5. The fourth-order valence-electron chi connectivity index (χ4n) is 7.20. The average Bonchev–Trinajstić information content (AvgIpc) is 3.47. The Balaban J connectivity index is 0.000000329. The molecule has 0 aromatic heterocycles. The zero-order chi connectivity index (χ0) is 34.8. The molecule has 0 amide bonds. The normalized spacial score (nSPS) is 27.6. The Bertz CT molecular complexity index is 1020. The number of hydrogen-bond acceptors (Lipinski definition) is 9. The van der Waals surface area contributed by atoms with E-state index in [1.807, 2.05) is 6.08 Å². The van der Waals surface area contributed by atoms with Crippen molar-refractivity contribution in [2.24, 2.45) is 23.7 Å². The van der Waals surface area contributed by atoms with Crippen LogP contribution in [0.25, 0.3) is 0 Å². The van der Waals surface area contributed by atoms with Gasteiger partial charge in [0.25, 0.3) is 0 Å². The van der Waals surface area contributed by atoms with E-state index >= 15 is 0 Å². The number of carboxylic acid groups (broad SMARTS) is 2. The smallest absolute Gasteiger partial charge is 0.306 e. The Labute approximate surface area is 279 Å². The van der Waals surface area contributed by atoms with Gasteiger partial charge in [-0.3, -0.25) is 24.0 Å². The third-order valence-corrected chi connectivity index (χ3v) is 9.86. The van der Waals surface area contributed by atoms with E-state index in [1.165, 1.54) is 0 Å². The number of Topliss-reactive ketones (excluding diaryl/α,β-unsaturated/α-hetero) is 2. The maximum atomic E-state index is 12.1. The Kier molecular flexibility index (Phi) is 19.1. The molecule has 11 nitrogen and oxygen atoms in total. The number of ketones is 2. The van der Waals surface area contributed by atoms with Crippen LogP contribution in [0.4, 0.5) is 0 Å². The number of aliphatic carboxylic acids is 2. The highest BCUT2D eigenvalue weighted by molar-refractivity contribution is 5.84. The number of unbranched alkanes of at least 4 members (excludes halogenated alkanes) is 6. The molecule has 5 N–H and O–H groups in total. The van der Waals surface area contributed by atoms with Gasteiger partial charge in [-0.15, -0.1) is 0 Å². The zero-order valence-electron chi connectivity index (χ0n) is 28.1. The second-order valence-corrected chi connectivity index (χ2v) is 13.6. The van der Waals surface area contributed by atoms with Gasteiger partial charge in [0.2, 0.25) is 0 Å². The van der Waals surface area contributed by atoms with Gasteiger partial charge in [0.1, 0.15) is 17.7 Å². The first-order chi connectivity index (χ1) is 22.4. The first-order valence-electron chi connectivity index (χ1n) is 17.8. The molecule has 0 aromatic rings. The van der Waals surface area contributed by atoms with Crippen LogP contribution < -0.4 is 0 Å². The fraction of sp³-hybridized carbons (Fsp3) is 0.806. The Morgan fingerprint density at radius 2 is 1.51 bits per heavy atom. The Morgan fingerprint density at radius 1 is 0.851 bits per heavy atom. The van der Waals surface area contributed by atoms with Crippen LogP contribution in [0.3, 0.4) is 0 Å². The summed E-state index contributed by atoms with van der Waals surface area (Å²) in [7, 11) is 0. The average molecular weight is 667 g/mol. The van der Waals surface area contributed by atoms with Crippen molar-refractivity contribution in [3.8, 4) is 0 Å². The molecule has 11 heteroatoms. The highest BCUT2D eigenvalue weighted by atomic mass is 16.5. The number of carbonyl (C=O) groups is 5. The molecule has 0 bridgehead atoms. The van der Waals surface area contributed by atoms with Crippen LogP contribution in [0, 0.1) is 23.7 Å². The molecule has 2 saturated carbocycles. The summed E-state index contributed by atoms with van der Waals surface area (Å²) in [5, 5.41) is 47.4. The minimum atomic E-state index is -0.834. The third-order valence-electron chi connectivity index (χ3n) is 9.86. The van der Waals surface area contributed by atoms with E-state index in [0.29, 0.717) is 51.4 Å². The maximum absolute atomic E-state index is 12.1. The number of carbonyl (C=O) groups excluding carboxylic acids is 3. The lowest BCUT2D eigenvalue weighted by Gasteiger charge is -2.28. The largest absolute Gasteiger partial charge is 0.481 e. The standard InChI is InChI=1S/C20H34O5.C16H24O6/c1-2-3-6-9-15(21)12-13-17-16(18(22)14-19(17)23)10-7-4-5-8-11-20(24)25;17-10(3-1-2-4-15(19)20)5-6-11-12-7-8-16(21)22-14(12)9-13(11)18/h12-13,15-17,19,21,23H,2-11,14H2,1H3,(H,24,25);11-14,18H,1-9H2,(H,19,20)/b13-12+;/t15-,16?,17?,19+;11?,12-,13-,14?/m01/s1. The molecule has 1 aliphatic heterocycles. The predicted octanol–water partition coefficient (Wildman–Crippen LogP) is 5.16. The van der Waals surface area contributed by atoms with E-state index in [2.05, 4.69) is 6.92 Å². The first kappa shape index (κ1) is 40.5. The second-order valence-electron chi connectivity index (χ2n) is 13.6. The number of fused-ring (bicyclic) bond motifs is 1. The van der Waals surface area contributed by atoms with Crippen LogP contribution in [0.15, 0.2) is 12.2 Å². The van der Waals surface area contributed by atoms with Crippen LogP contribution in [0.1, 0.15) is 135 Å². The molecule has 0 radical (unpaired) electrons. The molecule has 1 heterocycles. The molecule has 1 saturated heterocycles. The number of aliphatic hydroxyl groups is 3. The monoisotopic (exact) mass is 666 g/mol. The molecule has 8 atom stereocenters. The summed E-state index contributed by atoms with van der Waals surface area (Å²) >= 11 is 0. The maximum Gasteiger partial charge on any atom is 0.306 e. The minimum absolute atomic E-state index is 0.0288. The molecule has 47 heavy (non-hydrogen) atoms. The molecular weight excluding hydrogens is 608 g/mol.